The first-order valence-corrected chi connectivity index (χ1v) is 5.89. The molecular weight excluding hydrogens is 244 g/mol. The standard InChI is InChI=1S/C14H12N2O3/c1-9-6-11(16-19-9)8-18-14(17)13-7-10-4-2-3-5-12(10)15-13/h2-7,15H,8H2,1H3. The van der Waals surface area contributed by atoms with Crippen molar-refractivity contribution in [2.75, 3.05) is 0 Å². The van der Waals surface area contributed by atoms with Crippen LogP contribution in [0.2, 0.25) is 0 Å². The van der Waals surface area contributed by atoms with Crippen molar-refractivity contribution >= 4 is 16.9 Å². The van der Waals surface area contributed by atoms with Crippen molar-refractivity contribution in [1.29, 1.82) is 0 Å². The highest BCUT2D eigenvalue weighted by Crippen LogP contribution is 2.15. The van der Waals surface area contributed by atoms with Gasteiger partial charge < -0.3 is 14.2 Å². The molecule has 1 N–H and O–H groups in total. The van der Waals surface area contributed by atoms with Crippen LogP contribution in [0.25, 0.3) is 10.9 Å². The molecule has 5 heteroatoms. The molecule has 3 aromatic rings. The molecule has 0 aliphatic rings. The second kappa shape index (κ2) is 4.61. The lowest BCUT2D eigenvalue weighted by Crippen LogP contribution is -2.05. The number of benzene rings is 1. The second-order valence-electron chi connectivity index (χ2n) is 4.28. The van der Waals surface area contributed by atoms with Gasteiger partial charge in [0.05, 0.1) is 0 Å². The van der Waals surface area contributed by atoms with Gasteiger partial charge in [-0.2, -0.15) is 0 Å². The summed E-state index contributed by atoms with van der Waals surface area (Å²) in [6.45, 7) is 1.89. The van der Waals surface area contributed by atoms with Crippen LogP contribution in [0.1, 0.15) is 21.9 Å². The number of hydrogen-bond donors (Lipinski definition) is 1. The van der Waals surface area contributed by atoms with E-state index in [2.05, 4.69) is 10.1 Å². The Morgan fingerprint density at radius 3 is 2.95 bits per heavy atom. The number of nitrogens with zero attached hydrogens (tertiary/aromatic N) is 1. The van der Waals surface area contributed by atoms with E-state index in [0.717, 1.165) is 10.9 Å². The van der Waals surface area contributed by atoms with Crippen molar-refractivity contribution in [3.8, 4) is 0 Å². The minimum atomic E-state index is -0.406. The fourth-order valence-electron chi connectivity index (χ4n) is 1.89. The highest BCUT2D eigenvalue weighted by molar-refractivity contribution is 5.94. The van der Waals surface area contributed by atoms with Crippen molar-refractivity contribution in [3.63, 3.8) is 0 Å². The Hall–Kier alpha value is -2.56. The van der Waals surface area contributed by atoms with Crippen molar-refractivity contribution in [2.45, 2.75) is 13.5 Å². The molecular formula is C14H12N2O3. The summed E-state index contributed by atoms with van der Waals surface area (Å²) in [4.78, 5) is 14.9. The Kier molecular flexibility index (Phi) is 2.79. The summed E-state index contributed by atoms with van der Waals surface area (Å²) < 4.78 is 10.1. The maximum absolute atomic E-state index is 11.9. The Bertz CT molecular complexity index is 694. The predicted octanol–water partition coefficient (Wildman–Crippen LogP) is 2.82. The van der Waals surface area contributed by atoms with Crippen molar-refractivity contribution < 1.29 is 14.1 Å². The molecule has 0 fully saturated rings. The number of para-hydroxylation sites is 1. The van der Waals surface area contributed by atoms with E-state index in [1.807, 2.05) is 24.3 Å². The van der Waals surface area contributed by atoms with Gasteiger partial charge in [-0.15, -0.1) is 0 Å². The van der Waals surface area contributed by atoms with E-state index in [4.69, 9.17) is 9.26 Å². The van der Waals surface area contributed by atoms with Crippen LogP contribution in [0, 0.1) is 6.92 Å². The van der Waals surface area contributed by atoms with E-state index >= 15 is 0 Å². The topological polar surface area (TPSA) is 68.1 Å². The van der Waals surface area contributed by atoms with Gasteiger partial charge in [0, 0.05) is 17.0 Å². The van der Waals surface area contributed by atoms with E-state index in [9.17, 15) is 4.79 Å². The van der Waals surface area contributed by atoms with Gasteiger partial charge in [0.2, 0.25) is 0 Å². The molecule has 0 unspecified atom stereocenters. The lowest BCUT2D eigenvalue weighted by molar-refractivity contribution is 0.0458. The van der Waals surface area contributed by atoms with Gasteiger partial charge in [-0.3, -0.25) is 0 Å². The first-order chi connectivity index (χ1) is 9.22. The van der Waals surface area contributed by atoms with Crippen LogP contribution < -0.4 is 0 Å². The zero-order chi connectivity index (χ0) is 13.2. The maximum atomic E-state index is 11.9. The molecule has 0 atom stereocenters. The number of aryl methyl sites for hydroxylation is 1. The van der Waals surface area contributed by atoms with Gasteiger partial charge in [-0.05, 0) is 19.1 Å². The molecule has 2 heterocycles. The fraction of sp³-hybridized carbons (Fsp3) is 0.143. The average Bonchev–Trinajstić information content (AvgIpc) is 3.01. The van der Waals surface area contributed by atoms with E-state index in [1.165, 1.54) is 0 Å². The molecule has 0 bridgehead atoms. The number of carbonyl (C=O) groups excluding carboxylic acids is 1. The number of carbonyl (C=O) groups is 1. The number of aromatic nitrogens is 2. The monoisotopic (exact) mass is 256 g/mol. The highest BCUT2D eigenvalue weighted by atomic mass is 16.5. The number of H-pyrrole nitrogens is 1. The quantitative estimate of drug-likeness (QED) is 0.731. The van der Waals surface area contributed by atoms with Crippen LogP contribution in [0.15, 0.2) is 40.9 Å². The summed E-state index contributed by atoms with van der Waals surface area (Å²) in [5, 5.41) is 4.74. The number of hydrogen-bond acceptors (Lipinski definition) is 4. The second-order valence-corrected chi connectivity index (χ2v) is 4.28. The summed E-state index contributed by atoms with van der Waals surface area (Å²) >= 11 is 0. The molecule has 0 saturated carbocycles. The molecule has 3 rings (SSSR count). The number of aromatic amines is 1. The lowest BCUT2D eigenvalue weighted by Gasteiger charge is -1.99. The van der Waals surface area contributed by atoms with Gasteiger partial charge in [-0.1, -0.05) is 23.4 Å². The fourth-order valence-corrected chi connectivity index (χ4v) is 1.89. The van der Waals surface area contributed by atoms with Crippen LogP contribution in [-0.2, 0) is 11.3 Å². The van der Waals surface area contributed by atoms with Crippen LogP contribution in [-0.4, -0.2) is 16.1 Å². The minimum absolute atomic E-state index is 0.103. The van der Waals surface area contributed by atoms with Crippen molar-refractivity contribution in [3.05, 3.63) is 53.5 Å². The van der Waals surface area contributed by atoms with Crippen molar-refractivity contribution in [2.24, 2.45) is 0 Å². The van der Waals surface area contributed by atoms with Crippen LogP contribution in [0.4, 0.5) is 0 Å². The Balaban J connectivity index is 1.73. The maximum Gasteiger partial charge on any atom is 0.355 e. The summed E-state index contributed by atoms with van der Waals surface area (Å²) in [5.74, 6) is 0.286. The molecule has 0 aliphatic carbocycles. The average molecular weight is 256 g/mol. The Morgan fingerprint density at radius 1 is 1.37 bits per heavy atom. The third-order valence-corrected chi connectivity index (χ3v) is 2.78. The van der Waals surface area contributed by atoms with Crippen molar-refractivity contribution in [1.82, 2.24) is 10.1 Å². The van der Waals surface area contributed by atoms with Gasteiger partial charge in [0.25, 0.3) is 0 Å². The zero-order valence-corrected chi connectivity index (χ0v) is 10.3. The van der Waals surface area contributed by atoms with Gasteiger partial charge >= 0.3 is 5.97 Å². The number of rotatable bonds is 3. The van der Waals surface area contributed by atoms with E-state index in [0.29, 0.717) is 17.1 Å². The molecule has 0 amide bonds. The molecule has 0 saturated heterocycles. The molecule has 1 aromatic carbocycles. The van der Waals surface area contributed by atoms with E-state index < -0.39 is 5.97 Å². The normalized spacial score (nSPS) is 10.8. The number of fused-ring (bicyclic) bond motifs is 1. The first-order valence-electron chi connectivity index (χ1n) is 5.89. The lowest BCUT2D eigenvalue weighted by atomic mass is 10.2. The molecule has 5 nitrogen and oxygen atoms in total. The number of esters is 1. The molecule has 19 heavy (non-hydrogen) atoms. The van der Waals surface area contributed by atoms with E-state index in [-0.39, 0.29) is 6.61 Å². The zero-order valence-electron chi connectivity index (χ0n) is 10.3. The SMILES string of the molecule is Cc1cc(COC(=O)c2cc3ccccc3[nH]2)no1. The molecule has 0 aliphatic heterocycles. The molecule has 0 spiro atoms. The number of nitrogens with one attached hydrogen (secondary N) is 1. The molecule has 2 aromatic heterocycles. The first kappa shape index (κ1) is 11.5. The van der Waals surface area contributed by atoms with Gasteiger partial charge in [0.15, 0.2) is 0 Å². The smallest absolute Gasteiger partial charge is 0.355 e. The summed E-state index contributed by atoms with van der Waals surface area (Å²) in [7, 11) is 0. The predicted molar refractivity (Wildman–Crippen MR) is 68.7 cm³/mol. The number of ether oxygens (including phenoxy) is 1. The Morgan fingerprint density at radius 2 is 2.21 bits per heavy atom. The highest BCUT2D eigenvalue weighted by Gasteiger charge is 2.11. The molecule has 96 valence electrons. The van der Waals surface area contributed by atoms with Crippen LogP contribution in [0.3, 0.4) is 0 Å². The minimum Gasteiger partial charge on any atom is -0.454 e. The van der Waals surface area contributed by atoms with Gasteiger partial charge in [0.1, 0.15) is 23.8 Å². The summed E-state index contributed by atoms with van der Waals surface area (Å²) in [6.07, 6.45) is 0. The Labute approximate surface area is 109 Å². The third kappa shape index (κ3) is 2.35. The molecule has 0 radical (unpaired) electrons. The third-order valence-electron chi connectivity index (χ3n) is 2.78. The van der Waals surface area contributed by atoms with Crippen LogP contribution >= 0.6 is 0 Å². The van der Waals surface area contributed by atoms with Crippen LogP contribution in [0.5, 0.6) is 0 Å². The van der Waals surface area contributed by atoms with Gasteiger partial charge in [-0.25, -0.2) is 4.79 Å². The summed E-state index contributed by atoms with van der Waals surface area (Å²) in [6, 6.07) is 11.2. The van der Waals surface area contributed by atoms with E-state index in [1.54, 1.807) is 19.1 Å². The largest absolute Gasteiger partial charge is 0.454 e. The summed E-state index contributed by atoms with van der Waals surface area (Å²) in [5.41, 5.74) is 1.94.